The number of para-hydroxylation sites is 1. The monoisotopic (exact) mass is 378 g/mol. The fourth-order valence-electron chi connectivity index (χ4n) is 2.75. The first kappa shape index (κ1) is 19.9. The van der Waals surface area contributed by atoms with Gasteiger partial charge in [-0.2, -0.15) is 0 Å². The van der Waals surface area contributed by atoms with E-state index in [2.05, 4.69) is 5.32 Å². The predicted molar refractivity (Wildman–Crippen MR) is 102 cm³/mol. The van der Waals surface area contributed by atoms with Crippen LogP contribution in [-0.2, 0) is 14.8 Å². The lowest BCUT2D eigenvalue weighted by molar-refractivity contribution is -0.117. The Hall–Kier alpha value is -2.41. The van der Waals surface area contributed by atoms with Crippen LogP contribution in [0.2, 0.25) is 0 Å². The molecule has 0 bridgehead atoms. The Bertz CT molecular complexity index is 913. The molecule has 1 amide bonds. The van der Waals surface area contributed by atoms with Gasteiger partial charge in [0.25, 0.3) is 0 Å². The number of hydrogen-bond donors (Lipinski definition) is 1. The Morgan fingerprint density at radius 2 is 1.85 bits per heavy atom. The van der Waals surface area contributed by atoms with Gasteiger partial charge in [-0.15, -0.1) is 0 Å². The molecule has 0 saturated heterocycles. The van der Waals surface area contributed by atoms with Crippen molar-refractivity contribution in [1.82, 2.24) is 0 Å². The number of sulfonamides is 1. The van der Waals surface area contributed by atoms with Crippen LogP contribution >= 0.6 is 0 Å². The van der Waals surface area contributed by atoms with Crippen molar-refractivity contribution in [3.63, 3.8) is 0 Å². The SMILES string of the molecule is CC[C@@H](C(=O)Nc1cc(C)ccc1C)N(c1ccccc1F)S(C)(=O)=O. The average Bonchev–Trinajstić information content (AvgIpc) is 2.55. The smallest absolute Gasteiger partial charge is 0.248 e. The Kier molecular flexibility index (Phi) is 6.02. The molecule has 0 heterocycles. The van der Waals surface area contributed by atoms with Crippen LogP contribution in [0.5, 0.6) is 0 Å². The molecule has 1 N–H and O–H groups in total. The first-order valence-corrected chi connectivity index (χ1v) is 10.1. The normalized spacial score (nSPS) is 12.5. The number of carbonyl (C=O) groups is 1. The molecular weight excluding hydrogens is 355 g/mol. The maximum absolute atomic E-state index is 14.2. The highest BCUT2D eigenvalue weighted by Gasteiger charge is 2.33. The summed E-state index contributed by atoms with van der Waals surface area (Å²) in [5.41, 5.74) is 2.29. The lowest BCUT2D eigenvalue weighted by atomic mass is 10.1. The molecule has 0 aromatic heterocycles. The number of amides is 1. The van der Waals surface area contributed by atoms with Crippen molar-refractivity contribution in [2.45, 2.75) is 33.2 Å². The molecule has 2 aromatic rings. The zero-order valence-electron chi connectivity index (χ0n) is 15.3. The Morgan fingerprint density at radius 1 is 1.19 bits per heavy atom. The van der Waals surface area contributed by atoms with Gasteiger partial charge in [-0.3, -0.25) is 9.10 Å². The highest BCUT2D eigenvalue weighted by atomic mass is 32.2. The van der Waals surface area contributed by atoms with E-state index < -0.39 is 27.8 Å². The van der Waals surface area contributed by atoms with E-state index in [-0.39, 0.29) is 12.1 Å². The van der Waals surface area contributed by atoms with Gasteiger partial charge in [0.1, 0.15) is 11.9 Å². The second-order valence-electron chi connectivity index (χ2n) is 6.24. The van der Waals surface area contributed by atoms with E-state index in [0.29, 0.717) is 5.69 Å². The van der Waals surface area contributed by atoms with Crippen LogP contribution in [-0.4, -0.2) is 26.6 Å². The van der Waals surface area contributed by atoms with Gasteiger partial charge in [0, 0.05) is 5.69 Å². The third kappa shape index (κ3) is 4.40. The quantitative estimate of drug-likeness (QED) is 0.835. The molecule has 0 aliphatic rings. The van der Waals surface area contributed by atoms with Gasteiger partial charge in [0.2, 0.25) is 15.9 Å². The Balaban J connectivity index is 2.44. The number of carbonyl (C=O) groups excluding carboxylic acids is 1. The Morgan fingerprint density at radius 3 is 2.42 bits per heavy atom. The van der Waals surface area contributed by atoms with E-state index in [1.165, 1.54) is 24.3 Å². The average molecular weight is 378 g/mol. The summed E-state index contributed by atoms with van der Waals surface area (Å²) < 4.78 is 39.8. The van der Waals surface area contributed by atoms with Crippen LogP contribution in [0, 0.1) is 19.7 Å². The zero-order valence-corrected chi connectivity index (χ0v) is 16.1. The van der Waals surface area contributed by atoms with Gasteiger partial charge in [0.15, 0.2) is 0 Å². The van der Waals surface area contributed by atoms with Gasteiger partial charge in [-0.1, -0.05) is 31.2 Å². The second-order valence-corrected chi connectivity index (χ2v) is 8.10. The maximum atomic E-state index is 14.2. The minimum absolute atomic E-state index is 0.141. The molecule has 2 rings (SSSR count). The summed E-state index contributed by atoms with van der Waals surface area (Å²) in [6, 6.07) is 10.1. The van der Waals surface area contributed by atoms with E-state index in [4.69, 9.17) is 0 Å². The van der Waals surface area contributed by atoms with Crippen molar-refractivity contribution in [2.75, 3.05) is 15.9 Å². The number of nitrogens with one attached hydrogen (secondary N) is 1. The highest BCUT2D eigenvalue weighted by molar-refractivity contribution is 7.92. The minimum Gasteiger partial charge on any atom is -0.324 e. The number of nitrogens with zero attached hydrogens (tertiary/aromatic N) is 1. The Labute approximate surface area is 153 Å². The van der Waals surface area contributed by atoms with Gasteiger partial charge in [-0.25, -0.2) is 12.8 Å². The number of halogens is 1. The third-order valence-electron chi connectivity index (χ3n) is 4.07. The summed E-state index contributed by atoms with van der Waals surface area (Å²) in [6.45, 7) is 5.43. The molecule has 0 radical (unpaired) electrons. The number of aryl methyl sites for hydroxylation is 2. The highest BCUT2D eigenvalue weighted by Crippen LogP contribution is 2.26. The van der Waals surface area contributed by atoms with Crippen LogP contribution in [0.4, 0.5) is 15.8 Å². The molecule has 0 fully saturated rings. The summed E-state index contributed by atoms with van der Waals surface area (Å²) in [4.78, 5) is 12.8. The van der Waals surface area contributed by atoms with Crippen molar-refractivity contribution in [3.05, 3.63) is 59.4 Å². The van der Waals surface area contributed by atoms with Crippen LogP contribution in [0.15, 0.2) is 42.5 Å². The molecule has 0 aliphatic carbocycles. The minimum atomic E-state index is -3.87. The van der Waals surface area contributed by atoms with E-state index in [0.717, 1.165) is 21.7 Å². The molecule has 26 heavy (non-hydrogen) atoms. The largest absolute Gasteiger partial charge is 0.324 e. The first-order chi connectivity index (χ1) is 12.1. The molecule has 0 saturated carbocycles. The first-order valence-electron chi connectivity index (χ1n) is 8.27. The van der Waals surface area contributed by atoms with Gasteiger partial charge >= 0.3 is 0 Å². The van der Waals surface area contributed by atoms with Gasteiger partial charge < -0.3 is 5.32 Å². The fourth-order valence-corrected chi connectivity index (χ4v) is 3.96. The third-order valence-corrected chi connectivity index (χ3v) is 5.24. The van der Waals surface area contributed by atoms with Crippen molar-refractivity contribution < 1.29 is 17.6 Å². The zero-order chi connectivity index (χ0) is 19.5. The standard InChI is InChI=1S/C19H23FN2O3S/c1-5-17(19(23)21-16-12-13(2)10-11-14(16)3)22(26(4,24)25)18-9-7-6-8-15(18)20/h6-12,17H,5H2,1-4H3,(H,21,23)/t17-/m0/s1. The van der Waals surface area contributed by atoms with Gasteiger partial charge in [0.05, 0.1) is 11.9 Å². The molecule has 0 spiro atoms. The molecular formula is C19H23FN2O3S. The topological polar surface area (TPSA) is 66.5 Å². The molecule has 1 atom stereocenters. The van der Waals surface area contributed by atoms with Crippen molar-refractivity contribution >= 4 is 27.3 Å². The number of rotatable bonds is 6. The van der Waals surface area contributed by atoms with Crippen molar-refractivity contribution in [1.29, 1.82) is 0 Å². The van der Waals surface area contributed by atoms with Crippen molar-refractivity contribution in [3.8, 4) is 0 Å². The van der Waals surface area contributed by atoms with Crippen LogP contribution in [0.25, 0.3) is 0 Å². The molecule has 0 aliphatic heterocycles. The summed E-state index contributed by atoms with van der Waals surface area (Å²) in [7, 11) is -3.87. The molecule has 7 heteroatoms. The van der Waals surface area contributed by atoms with E-state index in [9.17, 15) is 17.6 Å². The van der Waals surface area contributed by atoms with E-state index >= 15 is 0 Å². The molecule has 0 unspecified atom stereocenters. The summed E-state index contributed by atoms with van der Waals surface area (Å²) in [6.07, 6.45) is 1.16. The van der Waals surface area contributed by atoms with Crippen LogP contribution < -0.4 is 9.62 Å². The lowest BCUT2D eigenvalue weighted by Gasteiger charge is -2.30. The number of benzene rings is 2. The maximum Gasteiger partial charge on any atom is 0.248 e. The van der Waals surface area contributed by atoms with Crippen LogP contribution in [0.3, 0.4) is 0 Å². The second kappa shape index (κ2) is 7.86. The van der Waals surface area contributed by atoms with Crippen LogP contribution in [0.1, 0.15) is 24.5 Å². The van der Waals surface area contributed by atoms with Crippen molar-refractivity contribution in [2.24, 2.45) is 0 Å². The summed E-state index contributed by atoms with van der Waals surface area (Å²) in [5.74, 6) is -1.20. The summed E-state index contributed by atoms with van der Waals surface area (Å²) >= 11 is 0. The summed E-state index contributed by atoms with van der Waals surface area (Å²) in [5, 5.41) is 2.78. The lowest BCUT2D eigenvalue weighted by Crippen LogP contribution is -2.47. The van der Waals surface area contributed by atoms with E-state index in [1.807, 2.05) is 32.0 Å². The number of anilines is 2. The molecule has 2 aromatic carbocycles. The fraction of sp³-hybridized carbons (Fsp3) is 0.316. The predicted octanol–water partition coefficient (Wildman–Crippen LogP) is 3.63. The number of hydrogen-bond acceptors (Lipinski definition) is 3. The molecule has 5 nitrogen and oxygen atoms in total. The molecule has 140 valence electrons. The van der Waals surface area contributed by atoms with E-state index in [1.54, 1.807) is 6.92 Å². The van der Waals surface area contributed by atoms with Gasteiger partial charge in [-0.05, 0) is 49.6 Å².